The number of hydrogen-bond acceptors (Lipinski definition) is 7. The molecule has 10 heteroatoms. The number of rotatable bonds is 9. The fraction of sp³-hybridized carbons (Fsp3) is 0.433. The average molecular weight is 632 g/mol. The summed E-state index contributed by atoms with van der Waals surface area (Å²) in [6.45, 7) is 8.25. The van der Waals surface area contributed by atoms with Gasteiger partial charge in [-0.2, -0.15) is 0 Å². The number of ether oxygens (including phenoxy) is 3. The third kappa shape index (κ3) is 7.40. The predicted octanol–water partition coefficient (Wildman–Crippen LogP) is 6.26. The lowest BCUT2D eigenvalue weighted by atomic mass is 9.87. The van der Waals surface area contributed by atoms with Crippen molar-refractivity contribution in [2.75, 3.05) is 40.0 Å². The maximum absolute atomic E-state index is 13.0. The Morgan fingerprint density at radius 3 is 2.35 bits per heavy atom. The molecule has 0 aromatic heterocycles. The first-order valence-electron chi connectivity index (χ1n) is 13.3. The molecule has 0 saturated carbocycles. The van der Waals surface area contributed by atoms with Crippen LogP contribution < -0.4 is 14.2 Å². The highest BCUT2D eigenvalue weighted by Crippen LogP contribution is 2.39. The van der Waals surface area contributed by atoms with Crippen molar-refractivity contribution < 1.29 is 28.6 Å². The van der Waals surface area contributed by atoms with Gasteiger partial charge in [0.25, 0.3) is 11.1 Å². The van der Waals surface area contributed by atoms with Crippen molar-refractivity contribution in [3.05, 3.63) is 56.9 Å². The molecule has 2 heterocycles. The minimum Gasteiger partial charge on any atom is -0.493 e. The van der Waals surface area contributed by atoms with Gasteiger partial charge in [-0.25, -0.2) is 0 Å². The van der Waals surface area contributed by atoms with Crippen LogP contribution in [0.5, 0.6) is 17.2 Å². The molecule has 0 radical (unpaired) electrons. The van der Waals surface area contributed by atoms with E-state index in [0.29, 0.717) is 47.8 Å². The van der Waals surface area contributed by atoms with Crippen LogP contribution in [-0.2, 0) is 15.0 Å². The molecular formula is C30H35BrN2O6S. The lowest BCUT2D eigenvalue weighted by Crippen LogP contribution is -2.44. The molecule has 0 aliphatic carbocycles. The maximum Gasteiger partial charge on any atom is 0.294 e. The number of halogens is 1. The van der Waals surface area contributed by atoms with Gasteiger partial charge in [0.1, 0.15) is 25.5 Å². The van der Waals surface area contributed by atoms with Crippen molar-refractivity contribution in [3.8, 4) is 17.2 Å². The summed E-state index contributed by atoms with van der Waals surface area (Å²) < 4.78 is 17.9. The summed E-state index contributed by atoms with van der Waals surface area (Å²) >= 11 is 4.36. The summed E-state index contributed by atoms with van der Waals surface area (Å²) in [5.74, 6) is 1.08. The van der Waals surface area contributed by atoms with E-state index >= 15 is 0 Å². The van der Waals surface area contributed by atoms with Gasteiger partial charge in [0.15, 0.2) is 11.5 Å². The van der Waals surface area contributed by atoms with Gasteiger partial charge < -0.3 is 19.1 Å². The van der Waals surface area contributed by atoms with Crippen LogP contribution in [0.15, 0.2) is 45.8 Å². The molecule has 8 nitrogen and oxygen atoms in total. The van der Waals surface area contributed by atoms with Gasteiger partial charge >= 0.3 is 0 Å². The molecule has 2 aromatic carbocycles. The van der Waals surface area contributed by atoms with Gasteiger partial charge in [-0.1, -0.05) is 32.9 Å². The van der Waals surface area contributed by atoms with Gasteiger partial charge in [0, 0.05) is 13.1 Å². The Labute approximate surface area is 248 Å². The normalized spacial score (nSPS) is 17.0. The molecule has 4 rings (SSSR count). The molecule has 2 aliphatic heterocycles. The number of hydrogen-bond donors (Lipinski definition) is 0. The van der Waals surface area contributed by atoms with Gasteiger partial charge in [0.05, 0.1) is 16.5 Å². The Kier molecular flexibility index (Phi) is 9.84. The first-order valence-corrected chi connectivity index (χ1v) is 14.9. The number of thioether (sulfide) groups is 1. The lowest BCUT2D eigenvalue weighted by molar-refractivity contribution is -0.136. The Morgan fingerprint density at radius 2 is 1.70 bits per heavy atom. The topological polar surface area (TPSA) is 85.4 Å². The van der Waals surface area contributed by atoms with Crippen LogP contribution in [-0.4, -0.2) is 66.8 Å². The molecule has 0 unspecified atom stereocenters. The van der Waals surface area contributed by atoms with Crippen LogP contribution in [0, 0.1) is 0 Å². The van der Waals surface area contributed by atoms with Gasteiger partial charge in [-0.3, -0.25) is 19.3 Å². The summed E-state index contributed by atoms with van der Waals surface area (Å²) in [7, 11) is 1.53. The molecule has 40 heavy (non-hydrogen) atoms. The van der Waals surface area contributed by atoms with E-state index in [0.717, 1.165) is 41.7 Å². The number of imide groups is 1. The van der Waals surface area contributed by atoms with E-state index in [1.165, 1.54) is 12.7 Å². The predicted molar refractivity (Wildman–Crippen MR) is 160 cm³/mol. The highest BCUT2D eigenvalue weighted by atomic mass is 79.9. The van der Waals surface area contributed by atoms with Crippen LogP contribution in [0.3, 0.4) is 0 Å². The first kappa shape index (κ1) is 30.0. The third-order valence-electron chi connectivity index (χ3n) is 6.74. The zero-order valence-corrected chi connectivity index (χ0v) is 25.7. The number of carbonyl (C=O) groups is 3. The SMILES string of the molecule is COc1cc(/C=C2\SC(=O)N(CC(=O)N3CCCCC3)C2=O)cc(Br)c1OCCOc1ccc(C(C)(C)C)cc1. The van der Waals surface area contributed by atoms with Crippen molar-refractivity contribution >= 4 is 50.8 Å². The second-order valence-electron chi connectivity index (χ2n) is 10.7. The molecule has 0 bridgehead atoms. The summed E-state index contributed by atoms with van der Waals surface area (Å²) in [4.78, 5) is 41.1. The Hall–Kier alpha value is -2.98. The number of likely N-dealkylation sites (tertiary alicyclic amines) is 1. The minimum atomic E-state index is -0.469. The zero-order chi connectivity index (χ0) is 28.9. The molecule has 3 amide bonds. The molecule has 2 aromatic rings. The summed E-state index contributed by atoms with van der Waals surface area (Å²) in [6, 6.07) is 11.6. The molecule has 2 fully saturated rings. The van der Waals surface area contributed by atoms with Crippen LogP contribution >= 0.6 is 27.7 Å². The van der Waals surface area contributed by atoms with Crippen molar-refractivity contribution in [1.82, 2.24) is 9.80 Å². The fourth-order valence-corrected chi connectivity index (χ4v) is 5.90. The molecule has 214 valence electrons. The number of carbonyl (C=O) groups excluding carboxylic acids is 3. The van der Waals surface area contributed by atoms with E-state index < -0.39 is 11.1 Å². The summed E-state index contributed by atoms with van der Waals surface area (Å²) in [5, 5.41) is -0.444. The third-order valence-corrected chi connectivity index (χ3v) is 8.24. The summed E-state index contributed by atoms with van der Waals surface area (Å²) in [5.41, 5.74) is 1.97. The summed E-state index contributed by atoms with van der Waals surface area (Å²) in [6.07, 6.45) is 4.61. The van der Waals surface area contributed by atoms with Crippen molar-refractivity contribution in [3.63, 3.8) is 0 Å². The average Bonchev–Trinajstić information content (AvgIpc) is 3.19. The zero-order valence-electron chi connectivity index (χ0n) is 23.3. The molecular weight excluding hydrogens is 596 g/mol. The van der Waals surface area contributed by atoms with Crippen molar-refractivity contribution in [2.45, 2.75) is 45.4 Å². The molecule has 2 aliphatic rings. The Balaban J connectivity index is 1.37. The van der Waals surface area contributed by atoms with E-state index in [1.54, 1.807) is 23.1 Å². The van der Waals surface area contributed by atoms with Crippen molar-refractivity contribution in [1.29, 1.82) is 0 Å². The largest absolute Gasteiger partial charge is 0.493 e. The van der Waals surface area contributed by atoms with Gasteiger partial charge in [-0.05, 0) is 93.8 Å². The second-order valence-corrected chi connectivity index (χ2v) is 12.6. The maximum atomic E-state index is 13.0. The highest BCUT2D eigenvalue weighted by Gasteiger charge is 2.37. The number of benzene rings is 2. The molecule has 0 spiro atoms. The second kappa shape index (κ2) is 13.1. The number of nitrogens with zero attached hydrogens (tertiary/aromatic N) is 2. The fourth-order valence-electron chi connectivity index (χ4n) is 4.48. The smallest absolute Gasteiger partial charge is 0.294 e. The monoisotopic (exact) mass is 630 g/mol. The van der Waals surface area contributed by atoms with E-state index in [-0.39, 0.29) is 22.8 Å². The lowest BCUT2D eigenvalue weighted by Gasteiger charge is -2.27. The number of piperidine rings is 1. The highest BCUT2D eigenvalue weighted by molar-refractivity contribution is 9.10. The molecule has 0 atom stereocenters. The quantitative estimate of drug-likeness (QED) is 0.239. The molecule has 2 saturated heterocycles. The van der Waals surface area contributed by atoms with Gasteiger partial charge in [0.2, 0.25) is 5.91 Å². The Morgan fingerprint density at radius 1 is 1.02 bits per heavy atom. The Bertz CT molecular complexity index is 1280. The first-order chi connectivity index (χ1) is 19.1. The van der Waals surface area contributed by atoms with Crippen LogP contribution in [0.2, 0.25) is 0 Å². The van der Waals surface area contributed by atoms with Gasteiger partial charge in [-0.15, -0.1) is 0 Å². The minimum absolute atomic E-state index is 0.0805. The van der Waals surface area contributed by atoms with Crippen LogP contribution in [0.25, 0.3) is 6.08 Å². The van der Waals surface area contributed by atoms with E-state index in [2.05, 4.69) is 48.8 Å². The van der Waals surface area contributed by atoms with E-state index in [9.17, 15) is 14.4 Å². The van der Waals surface area contributed by atoms with Crippen LogP contribution in [0.1, 0.15) is 51.2 Å². The van der Waals surface area contributed by atoms with E-state index in [4.69, 9.17) is 14.2 Å². The van der Waals surface area contributed by atoms with Crippen molar-refractivity contribution in [2.24, 2.45) is 0 Å². The standard InChI is InChI=1S/C30H35BrN2O6S/c1-30(2,3)21-8-10-22(11-9-21)38-14-15-39-27-23(31)16-20(17-24(27)37-4)18-25-28(35)33(29(36)40-25)19-26(34)32-12-6-5-7-13-32/h8-11,16-18H,5-7,12-15,19H2,1-4H3/b25-18-. The van der Waals surface area contributed by atoms with E-state index in [1.807, 2.05) is 12.1 Å². The number of amides is 3. The van der Waals surface area contributed by atoms with Crippen LogP contribution in [0.4, 0.5) is 4.79 Å². The molecule has 0 N–H and O–H groups in total. The number of methoxy groups -OCH3 is 1.